The molecule has 0 saturated carbocycles. The molecular weight excluding hydrogens is 257 g/mol. The van der Waals surface area contributed by atoms with Crippen LogP contribution in [0.5, 0.6) is 0 Å². The van der Waals surface area contributed by atoms with Crippen molar-refractivity contribution in [1.29, 1.82) is 0 Å². The Hall–Kier alpha value is -0.490. The van der Waals surface area contributed by atoms with Gasteiger partial charge >= 0.3 is 6.18 Å². The highest BCUT2D eigenvalue weighted by molar-refractivity contribution is 5.85. The van der Waals surface area contributed by atoms with E-state index in [1.54, 1.807) is 0 Å². The molecule has 1 aliphatic heterocycles. The largest absolute Gasteiger partial charge is 0.389 e. The summed E-state index contributed by atoms with van der Waals surface area (Å²) in [6.07, 6.45) is -4.99. The van der Waals surface area contributed by atoms with E-state index in [-0.39, 0.29) is 17.8 Å². The first-order valence-electron chi connectivity index (χ1n) is 5.30. The zero-order chi connectivity index (χ0) is 12.4. The Labute approximate surface area is 105 Å². The second kappa shape index (κ2) is 5.91. The fourth-order valence-electron chi connectivity index (χ4n) is 1.81. The van der Waals surface area contributed by atoms with Crippen LogP contribution in [0.15, 0.2) is 0 Å². The average molecular weight is 275 g/mol. The highest BCUT2D eigenvalue weighted by Crippen LogP contribution is 2.30. The summed E-state index contributed by atoms with van der Waals surface area (Å²) in [5, 5.41) is 0. The maximum atomic E-state index is 11.9. The monoisotopic (exact) mass is 274 g/mol. The number of nitrogens with zero attached hydrogens (tertiary/aromatic N) is 1. The molecule has 1 saturated heterocycles. The molecule has 1 atom stereocenters. The van der Waals surface area contributed by atoms with Gasteiger partial charge in [0.1, 0.15) is 0 Å². The first kappa shape index (κ1) is 16.5. The molecule has 0 aromatic carbocycles. The van der Waals surface area contributed by atoms with Crippen molar-refractivity contribution in [3.8, 4) is 0 Å². The molecule has 0 aromatic heterocycles. The van der Waals surface area contributed by atoms with Crippen molar-refractivity contribution in [3.63, 3.8) is 0 Å². The number of likely N-dealkylation sites (tertiary alicyclic amines) is 1. The molecule has 1 aliphatic rings. The first-order valence-corrected chi connectivity index (χ1v) is 5.30. The molecule has 0 aromatic rings. The summed E-state index contributed by atoms with van der Waals surface area (Å²) in [6.45, 7) is 3.39. The number of hydrogen-bond acceptors (Lipinski definition) is 2. The maximum Gasteiger partial charge on any atom is 0.389 e. The summed E-state index contributed by atoms with van der Waals surface area (Å²) in [6, 6.07) is 0. The van der Waals surface area contributed by atoms with Gasteiger partial charge in [0.05, 0.1) is 6.42 Å². The Morgan fingerprint density at radius 1 is 1.47 bits per heavy atom. The molecule has 17 heavy (non-hydrogen) atoms. The highest BCUT2D eigenvalue weighted by atomic mass is 35.5. The van der Waals surface area contributed by atoms with Gasteiger partial charge in [-0.1, -0.05) is 6.92 Å². The van der Waals surface area contributed by atoms with Gasteiger partial charge in [-0.3, -0.25) is 4.79 Å². The van der Waals surface area contributed by atoms with Crippen LogP contribution in [-0.4, -0.2) is 36.6 Å². The second-order valence-corrected chi connectivity index (χ2v) is 4.70. The number of rotatable bonds is 3. The molecule has 1 rings (SSSR count). The molecular formula is C10H18ClF3N2O. The minimum atomic E-state index is -4.26. The fourth-order valence-corrected chi connectivity index (χ4v) is 1.81. The van der Waals surface area contributed by atoms with Crippen molar-refractivity contribution < 1.29 is 18.0 Å². The van der Waals surface area contributed by atoms with Crippen molar-refractivity contribution in [2.75, 3.05) is 19.6 Å². The number of halogens is 4. The third-order valence-corrected chi connectivity index (χ3v) is 3.03. The van der Waals surface area contributed by atoms with E-state index >= 15 is 0 Å². The van der Waals surface area contributed by atoms with E-state index < -0.39 is 24.9 Å². The second-order valence-electron chi connectivity index (χ2n) is 4.70. The number of amides is 1. The highest BCUT2D eigenvalue weighted by Gasteiger charge is 2.36. The van der Waals surface area contributed by atoms with E-state index in [0.29, 0.717) is 19.6 Å². The van der Waals surface area contributed by atoms with E-state index in [9.17, 15) is 18.0 Å². The molecule has 0 aliphatic carbocycles. The lowest BCUT2D eigenvalue weighted by Gasteiger charge is -2.22. The van der Waals surface area contributed by atoms with Crippen LogP contribution in [0.3, 0.4) is 0 Å². The van der Waals surface area contributed by atoms with Crippen molar-refractivity contribution in [3.05, 3.63) is 0 Å². The van der Waals surface area contributed by atoms with Crippen LogP contribution in [0.4, 0.5) is 13.2 Å². The lowest BCUT2D eigenvalue weighted by Crippen LogP contribution is -2.34. The quantitative estimate of drug-likeness (QED) is 0.855. The van der Waals surface area contributed by atoms with Gasteiger partial charge < -0.3 is 10.6 Å². The first-order chi connectivity index (χ1) is 7.26. The standard InChI is InChI=1S/C10H17F3N2O.ClH/c1-9(6-14)4-5-15(7-9)8(16)2-3-10(11,12)13;/h2-7,14H2,1H3;1H. The van der Waals surface area contributed by atoms with E-state index in [1.165, 1.54) is 4.90 Å². The number of hydrogen-bond donors (Lipinski definition) is 1. The summed E-state index contributed by atoms with van der Waals surface area (Å²) in [4.78, 5) is 13.0. The lowest BCUT2D eigenvalue weighted by molar-refractivity contribution is -0.148. The van der Waals surface area contributed by atoms with E-state index in [1.807, 2.05) is 6.92 Å². The van der Waals surface area contributed by atoms with E-state index in [2.05, 4.69) is 0 Å². The van der Waals surface area contributed by atoms with Gasteiger partial charge in [-0.15, -0.1) is 12.4 Å². The van der Waals surface area contributed by atoms with Gasteiger partial charge in [-0.25, -0.2) is 0 Å². The molecule has 2 N–H and O–H groups in total. The van der Waals surface area contributed by atoms with E-state index in [4.69, 9.17) is 5.73 Å². The predicted octanol–water partition coefficient (Wildman–Crippen LogP) is 1.95. The zero-order valence-corrected chi connectivity index (χ0v) is 10.5. The van der Waals surface area contributed by atoms with Gasteiger partial charge in [0.2, 0.25) is 5.91 Å². The minimum Gasteiger partial charge on any atom is -0.342 e. The van der Waals surface area contributed by atoms with Crippen molar-refractivity contribution in [2.24, 2.45) is 11.1 Å². The maximum absolute atomic E-state index is 11.9. The van der Waals surface area contributed by atoms with Crippen LogP contribution < -0.4 is 5.73 Å². The Morgan fingerprint density at radius 2 is 2.06 bits per heavy atom. The van der Waals surface area contributed by atoms with Gasteiger partial charge in [-0.05, 0) is 18.4 Å². The van der Waals surface area contributed by atoms with Crippen LogP contribution in [0.1, 0.15) is 26.2 Å². The smallest absolute Gasteiger partial charge is 0.342 e. The Balaban J connectivity index is 0.00000256. The molecule has 1 unspecified atom stereocenters. The minimum absolute atomic E-state index is 0. The summed E-state index contributed by atoms with van der Waals surface area (Å²) in [5.74, 6) is -0.422. The lowest BCUT2D eigenvalue weighted by atomic mass is 9.90. The van der Waals surface area contributed by atoms with Crippen molar-refractivity contribution in [2.45, 2.75) is 32.4 Å². The normalized spacial score (nSPS) is 24.6. The Morgan fingerprint density at radius 3 is 2.47 bits per heavy atom. The zero-order valence-electron chi connectivity index (χ0n) is 9.72. The van der Waals surface area contributed by atoms with Gasteiger partial charge in [0.15, 0.2) is 0 Å². The molecule has 1 heterocycles. The molecule has 1 fully saturated rings. The molecule has 7 heteroatoms. The van der Waals surface area contributed by atoms with Crippen molar-refractivity contribution in [1.82, 2.24) is 4.90 Å². The van der Waals surface area contributed by atoms with Gasteiger partial charge in [0.25, 0.3) is 0 Å². The van der Waals surface area contributed by atoms with Crippen LogP contribution in [0.2, 0.25) is 0 Å². The summed E-state index contributed by atoms with van der Waals surface area (Å²) in [7, 11) is 0. The molecule has 102 valence electrons. The SMILES string of the molecule is CC1(CN)CCN(C(=O)CCC(F)(F)F)C1.Cl. The molecule has 3 nitrogen and oxygen atoms in total. The van der Waals surface area contributed by atoms with Crippen LogP contribution >= 0.6 is 12.4 Å². The topological polar surface area (TPSA) is 46.3 Å². The number of nitrogens with two attached hydrogens (primary N) is 1. The third-order valence-electron chi connectivity index (χ3n) is 3.03. The molecule has 0 radical (unpaired) electrons. The third kappa shape index (κ3) is 5.12. The average Bonchev–Trinajstić information content (AvgIpc) is 2.57. The number of carbonyl (C=O) groups is 1. The summed E-state index contributed by atoms with van der Waals surface area (Å²) < 4.78 is 35.8. The molecule has 0 spiro atoms. The summed E-state index contributed by atoms with van der Waals surface area (Å²) in [5.41, 5.74) is 5.42. The Bertz CT molecular complexity index is 273. The van der Waals surface area contributed by atoms with Crippen LogP contribution in [-0.2, 0) is 4.79 Å². The predicted molar refractivity (Wildman–Crippen MR) is 60.9 cm³/mol. The van der Waals surface area contributed by atoms with Gasteiger partial charge in [-0.2, -0.15) is 13.2 Å². The number of carbonyl (C=O) groups excluding carboxylic acids is 1. The van der Waals surface area contributed by atoms with Crippen LogP contribution in [0.25, 0.3) is 0 Å². The van der Waals surface area contributed by atoms with Crippen LogP contribution in [0, 0.1) is 5.41 Å². The number of alkyl halides is 3. The van der Waals surface area contributed by atoms with Gasteiger partial charge in [0, 0.05) is 19.5 Å². The van der Waals surface area contributed by atoms with E-state index in [0.717, 1.165) is 6.42 Å². The van der Waals surface area contributed by atoms with Crippen molar-refractivity contribution >= 4 is 18.3 Å². The summed E-state index contributed by atoms with van der Waals surface area (Å²) >= 11 is 0. The fraction of sp³-hybridized carbons (Fsp3) is 0.900. The Kier molecular flexibility index (Phi) is 5.74. The molecule has 1 amide bonds. The molecule has 0 bridgehead atoms.